The molecule has 2 amide bonds. The molecule has 0 bridgehead atoms. The second kappa shape index (κ2) is 10.9. The van der Waals surface area contributed by atoms with Crippen molar-refractivity contribution in [2.45, 2.75) is 62.7 Å². The highest BCUT2D eigenvalue weighted by molar-refractivity contribution is 7.89. The lowest BCUT2D eigenvalue weighted by molar-refractivity contribution is -0.125. The summed E-state index contributed by atoms with van der Waals surface area (Å²) in [6, 6.07) is 6.19. The Morgan fingerprint density at radius 1 is 0.900 bits per heavy atom. The van der Waals surface area contributed by atoms with Gasteiger partial charge in [-0.05, 0) is 43.9 Å². The Kier molecular flexibility index (Phi) is 8.27. The van der Waals surface area contributed by atoms with Crippen molar-refractivity contribution < 1.29 is 18.0 Å². The van der Waals surface area contributed by atoms with Crippen LogP contribution in [0.25, 0.3) is 0 Å². The van der Waals surface area contributed by atoms with Gasteiger partial charge in [0, 0.05) is 37.7 Å². The van der Waals surface area contributed by atoms with E-state index in [9.17, 15) is 18.0 Å². The summed E-state index contributed by atoms with van der Waals surface area (Å²) < 4.78 is 27.4. The normalized spacial score (nSPS) is 19.1. The molecule has 1 aromatic carbocycles. The van der Waals surface area contributed by atoms with Crippen molar-refractivity contribution in [1.29, 1.82) is 0 Å². The van der Waals surface area contributed by atoms with Gasteiger partial charge in [-0.25, -0.2) is 8.42 Å². The molecule has 0 spiro atoms. The van der Waals surface area contributed by atoms with Crippen molar-refractivity contribution in [3.8, 4) is 0 Å². The zero-order valence-electron chi connectivity index (χ0n) is 17.6. The minimum atomic E-state index is -3.59. The lowest BCUT2D eigenvalue weighted by Gasteiger charge is -2.21. The van der Waals surface area contributed by atoms with E-state index in [0.717, 1.165) is 51.4 Å². The maximum Gasteiger partial charge on any atom is 0.251 e. The van der Waals surface area contributed by atoms with Crippen molar-refractivity contribution in [3.05, 3.63) is 29.8 Å². The average molecular weight is 436 g/mol. The molecule has 1 heterocycles. The summed E-state index contributed by atoms with van der Waals surface area (Å²) in [6.45, 7) is 1.73. The summed E-state index contributed by atoms with van der Waals surface area (Å²) in [4.78, 5) is 24.8. The van der Waals surface area contributed by atoms with E-state index in [-0.39, 0.29) is 22.6 Å². The van der Waals surface area contributed by atoms with E-state index in [0.29, 0.717) is 31.7 Å². The Hall–Kier alpha value is -1.93. The SMILES string of the molecule is O=C(NCCNC(=O)C1CCCCC1)c1cccc(S(=O)(=O)N2CCCCCC2)c1. The molecule has 166 valence electrons. The predicted molar refractivity (Wildman–Crippen MR) is 116 cm³/mol. The molecule has 2 fully saturated rings. The minimum Gasteiger partial charge on any atom is -0.354 e. The largest absolute Gasteiger partial charge is 0.354 e. The highest BCUT2D eigenvalue weighted by atomic mass is 32.2. The fraction of sp³-hybridized carbons (Fsp3) is 0.636. The molecule has 0 aromatic heterocycles. The number of amides is 2. The molecule has 0 atom stereocenters. The third kappa shape index (κ3) is 6.04. The molecule has 30 heavy (non-hydrogen) atoms. The van der Waals surface area contributed by atoms with Crippen LogP contribution in [-0.4, -0.2) is 50.7 Å². The number of hydrogen-bond donors (Lipinski definition) is 2. The number of nitrogens with zero attached hydrogens (tertiary/aromatic N) is 1. The topological polar surface area (TPSA) is 95.6 Å². The third-order valence-corrected chi connectivity index (χ3v) is 7.88. The summed E-state index contributed by atoms with van der Waals surface area (Å²) >= 11 is 0. The molecule has 1 aromatic rings. The first kappa shape index (κ1) is 22.7. The maximum atomic E-state index is 12.9. The zero-order chi connectivity index (χ0) is 21.4. The number of sulfonamides is 1. The molecular weight excluding hydrogens is 402 g/mol. The fourth-order valence-electron chi connectivity index (χ4n) is 4.20. The smallest absolute Gasteiger partial charge is 0.251 e. The number of carbonyl (C=O) groups is 2. The van der Waals surface area contributed by atoms with E-state index in [1.165, 1.54) is 16.8 Å². The zero-order valence-corrected chi connectivity index (χ0v) is 18.4. The van der Waals surface area contributed by atoms with Gasteiger partial charge in [-0.2, -0.15) is 4.31 Å². The lowest BCUT2D eigenvalue weighted by atomic mass is 9.89. The summed E-state index contributed by atoms with van der Waals surface area (Å²) in [5, 5.41) is 5.65. The number of nitrogens with one attached hydrogen (secondary N) is 2. The van der Waals surface area contributed by atoms with Crippen LogP contribution < -0.4 is 10.6 Å². The molecule has 2 aliphatic rings. The molecule has 1 aliphatic carbocycles. The first-order valence-electron chi connectivity index (χ1n) is 11.1. The Labute approximate surface area is 179 Å². The van der Waals surface area contributed by atoms with Crippen LogP contribution in [-0.2, 0) is 14.8 Å². The van der Waals surface area contributed by atoms with Gasteiger partial charge in [0.25, 0.3) is 5.91 Å². The average Bonchev–Trinajstić information content (AvgIpc) is 3.07. The molecule has 2 N–H and O–H groups in total. The van der Waals surface area contributed by atoms with Gasteiger partial charge < -0.3 is 10.6 Å². The Balaban J connectivity index is 1.52. The van der Waals surface area contributed by atoms with E-state index in [2.05, 4.69) is 10.6 Å². The van der Waals surface area contributed by atoms with Crippen molar-refractivity contribution in [2.75, 3.05) is 26.2 Å². The van der Waals surface area contributed by atoms with Crippen LogP contribution in [0.3, 0.4) is 0 Å². The number of rotatable bonds is 7. The van der Waals surface area contributed by atoms with Gasteiger partial charge in [0.15, 0.2) is 0 Å². The van der Waals surface area contributed by atoms with Gasteiger partial charge in [-0.15, -0.1) is 0 Å². The highest BCUT2D eigenvalue weighted by Crippen LogP contribution is 2.23. The Morgan fingerprint density at radius 3 is 2.23 bits per heavy atom. The van der Waals surface area contributed by atoms with Crippen molar-refractivity contribution in [2.24, 2.45) is 5.92 Å². The van der Waals surface area contributed by atoms with Crippen molar-refractivity contribution >= 4 is 21.8 Å². The molecular formula is C22H33N3O4S. The quantitative estimate of drug-likeness (QED) is 0.644. The molecule has 0 unspecified atom stereocenters. The first-order valence-corrected chi connectivity index (χ1v) is 12.6. The van der Waals surface area contributed by atoms with Gasteiger partial charge in [0.2, 0.25) is 15.9 Å². The molecule has 7 nitrogen and oxygen atoms in total. The van der Waals surface area contributed by atoms with Gasteiger partial charge in [0.05, 0.1) is 4.90 Å². The summed E-state index contributed by atoms with van der Waals surface area (Å²) in [7, 11) is -3.59. The van der Waals surface area contributed by atoms with Crippen LogP contribution in [0.5, 0.6) is 0 Å². The van der Waals surface area contributed by atoms with E-state index >= 15 is 0 Å². The van der Waals surface area contributed by atoms with Crippen LogP contribution >= 0.6 is 0 Å². The Morgan fingerprint density at radius 2 is 1.53 bits per heavy atom. The van der Waals surface area contributed by atoms with Gasteiger partial charge in [-0.1, -0.05) is 38.2 Å². The van der Waals surface area contributed by atoms with E-state index < -0.39 is 10.0 Å². The fourth-order valence-corrected chi connectivity index (χ4v) is 5.77. The molecule has 8 heteroatoms. The molecule has 1 saturated carbocycles. The minimum absolute atomic E-state index is 0.0643. The molecule has 1 aliphatic heterocycles. The highest BCUT2D eigenvalue weighted by Gasteiger charge is 2.26. The van der Waals surface area contributed by atoms with Crippen LogP contribution in [0.2, 0.25) is 0 Å². The van der Waals surface area contributed by atoms with Crippen molar-refractivity contribution in [1.82, 2.24) is 14.9 Å². The van der Waals surface area contributed by atoms with Gasteiger partial charge in [0.1, 0.15) is 0 Å². The number of carbonyl (C=O) groups excluding carboxylic acids is 2. The van der Waals surface area contributed by atoms with Crippen molar-refractivity contribution in [3.63, 3.8) is 0 Å². The predicted octanol–water partition coefficient (Wildman–Crippen LogP) is 2.68. The van der Waals surface area contributed by atoms with E-state index in [1.54, 1.807) is 18.2 Å². The van der Waals surface area contributed by atoms with Gasteiger partial charge >= 0.3 is 0 Å². The number of benzene rings is 1. The second-order valence-corrected chi connectivity index (χ2v) is 10.2. The van der Waals surface area contributed by atoms with Crippen LogP contribution in [0.1, 0.15) is 68.1 Å². The van der Waals surface area contributed by atoms with Gasteiger partial charge in [-0.3, -0.25) is 9.59 Å². The molecule has 0 radical (unpaired) electrons. The summed E-state index contributed by atoms with van der Waals surface area (Å²) in [5.41, 5.74) is 0.310. The second-order valence-electron chi connectivity index (χ2n) is 8.23. The molecule has 3 rings (SSSR count). The van der Waals surface area contributed by atoms with Crippen LogP contribution in [0.15, 0.2) is 29.2 Å². The third-order valence-electron chi connectivity index (χ3n) is 5.98. The first-order chi connectivity index (χ1) is 14.5. The Bertz CT molecular complexity index is 827. The monoisotopic (exact) mass is 435 g/mol. The standard InChI is InChI=1S/C22H33N3O4S/c26-21(18-9-4-3-5-10-18)23-13-14-24-22(27)19-11-8-12-20(17-19)30(28,29)25-15-6-1-2-7-16-25/h8,11-12,17-18H,1-7,9-10,13-16H2,(H,23,26)(H,24,27). The lowest BCUT2D eigenvalue weighted by Crippen LogP contribution is -2.38. The number of hydrogen-bond acceptors (Lipinski definition) is 4. The molecule has 1 saturated heterocycles. The van der Waals surface area contributed by atoms with Crippen LogP contribution in [0, 0.1) is 5.92 Å². The van der Waals surface area contributed by atoms with E-state index in [1.807, 2.05) is 0 Å². The maximum absolute atomic E-state index is 12.9. The van der Waals surface area contributed by atoms with Crippen LogP contribution in [0.4, 0.5) is 0 Å². The van der Waals surface area contributed by atoms with E-state index in [4.69, 9.17) is 0 Å². The summed E-state index contributed by atoms with van der Waals surface area (Å²) in [6.07, 6.45) is 9.12. The summed E-state index contributed by atoms with van der Waals surface area (Å²) in [5.74, 6) is -0.181.